The predicted molar refractivity (Wildman–Crippen MR) is 173 cm³/mol. The molecule has 6 aromatic rings. The summed E-state index contributed by atoms with van der Waals surface area (Å²) >= 11 is 1.45. The SMILES string of the molecule is CCc1cc2c(=O)n(CC(=NOC)c3ccc(OC)cc3)c(=O)n(Cc3ccc(-c4ccccc4-c4noc(=O)[nH]4)cc3)c2s1. The fourth-order valence-corrected chi connectivity index (χ4v) is 6.26. The normalized spacial score (nSPS) is 11.7. The summed E-state index contributed by atoms with van der Waals surface area (Å²) in [4.78, 5) is 48.6. The van der Waals surface area contributed by atoms with Crippen molar-refractivity contribution in [1.29, 1.82) is 0 Å². The molecular formula is C33H29N5O6S. The van der Waals surface area contributed by atoms with E-state index in [2.05, 4.69) is 15.3 Å². The van der Waals surface area contributed by atoms with Crippen LogP contribution in [0.3, 0.4) is 0 Å². The molecule has 0 unspecified atom stereocenters. The number of nitrogens with zero attached hydrogens (tertiary/aromatic N) is 4. The third kappa shape index (κ3) is 5.87. The van der Waals surface area contributed by atoms with Crippen molar-refractivity contribution in [2.24, 2.45) is 5.16 Å². The molecule has 3 aromatic carbocycles. The summed E-state index contributed by atoms with van der Waals surface area (Å²) in [5, 5.41) is 8.47. The molecule has 12 heteroatoms. The Labute approximate surface area is 260 Å². The number of fused-ring (bicyclic) bond motifs is 1. The van der Waals surface area contributed by atoms with Gasteiger partial charge in [0.2, 0.25) is 0 Å². The first-order valence-electron chi connectivity index (χ1n) is 14.1. The Kier molecular flexibility index (Phi) is 8.30. The average molecular weight is 624 g/mol. The van der Waals surface area contributed by atoms with Gasteiger partial charge >= 0.3 is 11.4 Å². The molecule has 11 nitrogen and oxygen atoms in total. The van der Waals surface area contributed by atoms with Gasteiger partial charge < -0.3 is 9.57 Å². The second-order valence-corrected chi connectivity index (χ2v) is 11.3. The average Bonchev–Trinajstić information content (AvgIpc) is 3.71. The summed E-state index contributed by atoms with van der Waals surface area (Å²) in [5.74, 6) is 0.383. The number of benzene rings is 3. The maximum atomic E-state index is 14.0. The molecular weight excluding hydrogens is 594 g/mol. The Bertz CT molecular complexity index is 2190. The van der Waals surface area contributed by atoms with Crippen LogP contribution in [-0.4, -0.2) is 39.2 Å². The maximum absolute atomic E-state index is 14.0. The number of rotatable bonds is 10. The van der Waals surface area contributed by atoms with Gasteiger partial charge in [0.1, 0.15) is 23.4 Å². The molecule has 0 aliphatic heterocycles. The zero-order valence-electron chi connectivity index (χ0n) is 24.8. The molecule has 0 aliphatic rings. The first-order chi connectivity index (χ1) is 21.9. The number of ether oxygens (including phenoxy) is 1. The lowest BCUT2D eigenvalue weighted by atomic mass is 9.98. The number of aryl methyl sites for hydroxylation is 1. The van der Waals surface area contributed by atoms with Gasteiger partial charge in [-0.3, -0.25) is 23.4 Å². The van der Waals surface area contributed by atoms with Gasteiger partial charge in [-0.1, -0.05) is 65.8 Å². The van der Waals surface area contributed by atoms with Crippen LogP contribution in [0.25, 0.3) is 32.7 Å². The van der Waals surface area contributed by atoms with E-state index in [0.29, 0.717) is 33.1 Å². The summed E-state index contributed by atoms with van der Waals surface area (Å²) in [6.07, 6.45) is 0.736. The number of thiophene rings is 1. The molecule has 0 bridgehead atoms. The van der Waals surface area contributed by atoms with Crippen LogP contribution in [0, 0.1) is 0 Å². The molecule has 0 saturated carbocycles. The van der Waals surface area contributed by atoms with E-state index in [1.54, 1.807) is 35.9 Å². The first-order valence-corrected chi connectivity index (χ1v) is 15.0. The van der Waals surface area contributed by atoms with Crippen molar-refractivity contribution in [1.82, 2.24) is 19.3 Å². The highest BCUT2D eigenvalue weighted by atomic mass is 32.1. The van der Waals surface area contributed by atoms with E-state index < -0.39 is 11.4 Å². The van der Waals surface area contributed by atoms with E-state index in [9.17, 15) is 14.4 Å². The Morgan fingerprint density at radius 1 is 0.956 bits per heavy atom. The lowest BCUT2D eigenvalue weighted by Crippen LogP contribution is -2.41. The van der Waals surface area contributed by atoms with Crippen LogP contribution in [0.15, 0.2) is 103 Å². The van der Waals surface area contributed by atoms with Gasteiger partial charge in [-0.25, -0.2) is 9.59 Å². The molecule has 1 N–H and O–H groups in total. The van der Waals surface area contributed by atoms with Gasteiger partial charge in [0, 0.05) is 16.0 Å². The number of nitrogens with one attached hydrogen (secondary N) is 1. The first kappa shape index (κ1) is 29.6. The van der Waals surface area contributed by atoms with Gasteiger partial charge in [-0.2, -0.15) is 0 Å². The van der Waals surface area contributed by atoms with Crippen molar-refractivity contribution in [2.75, 3.05) is 14.2 Å². The van der Waals surface area contributed by atoms with Crippen LogP contribution in [-0.2, 0) is 24.3 Å². The highest BCUT2D eigenvalue weighted by Gasteiger charge is 2.19. The van der Waals surface area contributed by atoms with Crippen LogP contribution in [0.1, 0.15) is 22.9 Å². The molecule has 3 aromatic heterocycles. The van der Waals surface area contributed by atoms with Crippen molar-refractivity contribution in [2.45, 2.75) is 26.4 Å². The van der Waals surface area contributed by atoms with Crippen molar-refractivity contribution >= 4 is 27.3 Å². The number of oxime groups is 1. The maximum Gasteiger partial charge on any atom is 0.439 e. The number of H-pyrrole nitrogens is 1. The lowest BCUT2D eigenvalue weighted by Gasteiger charge is -2.14. The number of methoxy groups -OCH3 is 1. The molecule has 0 atom stereocenters. The monoisotopic (exact) mass is 623 g/mol. The number of hydrogen-bond acceptors (Lipinski definition) is 9. The zero-order chi connectivity index (χ0) is 31.5. The van der Waals surface area contributed by atoms with Gasteiger partial charge in [0.05, 0.1) is 25.6 Å². The molecule has 0 fully saturated rings. The van der Waals surface area contributed by atoms with Crippen LogP contribution in [0.2, 0.25) is 0 Å². The standard InChI is InChI=1S/C33H29N5O6S/c1-4-24-17-27-30(39)37(19-28(35-43-3)22-13-15-23(42-2)16-14-22)33(41)38(31(27)45-24)18-20-9-11-21(12-10-20)25-7-5-6-8-26(25)29-34-32(40)44-36-29/h5-17H,4,18-19H2,1-3H3,(H,34,36,40). The molecule has 0 aliphatic carbocycles. The Morgan fingerprint density at radius 2 is 1.69 bits per heavy atom. The minimum absolute atomic E-state index is 0.0784. The molecule has 0 radical (unpaired) electrons. The second kappa shape index (κ2) is 12.6. The smallest absolute Gasteiger partial charge is 0.439 e. The molecule has 228 valence electrons. The fraction of sp³-hybridized carbons (Fsp3) is 0.182. The molecule has 0 spiro atoms. The fourth-order valence-electron chi connectivity index (χ4n) is 5.18. The second-order valence-electron chi connectivity index (χ2n) is 10.2. The number of aromatic amines is 1. The van der Waals surface area contributed by atoms with E-state index in [0.717, 1.165) is 33.6 Å². The van der Waals surface area contributed by atoms with Gasteiger partial charge in [-0.05, 0) is 53.4 Å². The minimum Gasteiger partial charge on any atom is -0.497 e. The van der Waals surface area contributed by atoms with Crippen LogP contribution in [0.5, 0.6) is 5.75 Å². The Hall–Kier alpha value is -5.49. The largest absolute Gasteiger partial charge is 0.497 e. The van der Waals surface area contributed by atoms with Crippen molar-refractivity contribution in [3.8, 4) is 28.3 Å². The number of hydrogen-bond donors (Lipinski definition) is 1. The van der Waals surface area contributed by atoms with Gasteiger partial charge in [-0.15, -0.1) is 11.3 Å². The predicted octanol–water partition coefficient (Wildman–Crippen LogP) is 4.91. The molecule has 0 amide bonds. The highest BCUT2D eigenvalue weighted by Crippen LogP contribution is 2.30. The molecule has 45 heavy (non-hydrogen) atoms. The molecule has 0 saturated heterocycles. The summed E-state index contributed by atoms with van der Waals surface area (Å²) in [6.45, 7) is 2.19. The van der Waals surface area contributed by atoms with E-state index in [1.165, 1.54) is 23.0 Å². The summed E-state index contributed by atoms with van der Waals surface area (Å²) in [5.41, 5.74) is 3.63. The van der Waals surface area contributed by atoms with Crippen LogP contribution >= 0.6 is 11.3 Å². The van der Waals surface area contributed by atoms with Crippen molar-refractivity contribution in [3.63, 3.8) is 0 Å². The van der Waals surface area contributed by atoms with Crippen molar-refractivity contribution < 1.29 is 14.1 Å². The van der Waals surface area contributed by atoms with E-state index >= 15 is 0 Å². The van der Waals surface area contributed by atoms with Gasteiger partial charge in [0.15, 0.2) is 5.82 Å². The topological polar surface area (TPSA) is 134 Å². The quantitative estimate of drug-likeness (QED) is 0.169. The van der Waals surface area contributed by atoms with E-state index in [1.807, 2.05) is 61.5 Å². The summed E-state index contributed by atoms with van der Waals surface area (Å²) < 4.78 is 12.8. The molecule has 6 rings (SSSR count). The third-order valence-corrected chi connectivity index (χ3v) is 8.76. The zero-order valence-corrected chi connectivity index (χ0v) is 25.6. The summed E-state index contributed by atoms with van der Waals surface area (Å²) in [6, 6.07) is 24.4. The minimum atomic E-state index is -0.627. The lowest BCUT2D eigenvalue weighted by molar-refractivity contribution is 0.212. The third-order valence-electron chi connectivity index (χ3n) is 7.46. The number of aromatic nitrogens is 4. The Morgan fingerprint density at radius 3 is 2.33 bits per heavy atom. The highest BCUT2D eigenvalue weighted by molar-refractivity contribution is 7.18. The van der Waals surface area contributed by atoms with E-state index in [-0.39, 0.29) is 18.6 Å². The van der Waals surface area contributed by atoms with Crippen molar-refractivity contribution in [3.05, 3.63) is 126 Å². The van der Waals surface area contributed by atoms with Gasteiger partial charge in [0.25, 0.3) is 5.56 Å². The Balaban J connectivity index is 1.39. The van der Waals surface area contributed by atoms with Crippen LogP contribution in [0.4, 0.5) is 0 Å². The van der Waals surface area contributed by atoms with Crippen LogP contribution < -0.4 is 21.7 Å². The van der Waals surface area contributed by atoms with E-state index in [4.69, 9.17) is 14.1 Å². The molecule has 3 heterocycles. The summed E-state index contributed by atoms with van der Waals surface area (Å²) in [7, 11) is 3.00.